The molecule has 17 heavy (non-hydrogen) atoms. The van der Waals surface area contributed by atoms with E-state index < -0.39 is 0 Å². The minimum absolute atomic E-state index is 0.165. The number of esters is 1. The van der Waals surface area contributed by atoms with Crippen LogP contribution in [0.1, 0.15) is 12.5 Å². The number of benzene rings is 1. The highest BCUT2D eigenvalue weighted by Gasteiger charge is 2.19. The number of ether oxygens (including phenoxy) is 1. The largest absolute Gasteiger partial charge is 0.466 e. The Balaban J connectivity index is 2.69. The minimum atomic E-state index is -0.168. The molecule has 4 heteroatoms. The fourth-order valence-corrected chi connectivity index (χ4v) is 1.91. The van der Waals surface area contributed by atoms with Crippen LogP contribution in [0.15, 0.2) is 24.3 Å². The van der Waals surface area contributed by atoms with Gasteiger partial charge in [0, 0.05) is 11.6 Å². The van der Waals surface area contributed by atoms with E-state index in [0.717, 1.165) is 5.56 Å². The monoisotopic (exact) mass is 255 g/mol. The summed E-state index contributed by atoms with van der Waals surface area (Å²) in [4.78, 5) is 11.7. The van der Waals surface area contributed by atoms with Crippen molar-refractivity contribution in [3.8, 4) is 0 Å². The number of halogens is 1. The summed E-state index contributed by atoms with van der Waals surface area (Å²) in [7, 11) is 1.82. The van der Waals surface area contributed by atoms with Crippen molar-refractivity contribution >= 4 is 17.6 Å². The maximum absolute atomic E-state index is 11.7. The first-order valence-corrected chi connectivity index (χ1v) is 6.10. The summed E-state index contributed by atoms with van der Waals surface area (Å²) < 4.78 is 5.05. The molecule has 1 rings (SSSR count). The number of carbonyl (C=O) groups is 1. The zero-order valence-corrected chi connectivity index (χ0v) is 11.0. The molecular weight excluding hydrogens is 238 g/mol. The summed E-state index contributed by atoms with van der Waals surface area (Å²) in [5, 5.41) is 3.70. The van der Waals surface area contributed by atoms with Crippen LogP contribution in [0.25, 0.3) is 0 Å². The van der Waals surface area contributed by atoms with E-state index in [1.54, 1.807) is 0 Å². The summed E-state index contributed by atoms with van der Waals surface area (Å²) in [6.07, 6.45) is 0.639. The van der Waals surface area contributed by atoms with Crippen LogP contribution in [-0.4, -0.2) is 26.2 Å². The third-order valence-corrected chi connectivity index (χ3v) is 2.68. The highest BCUT2D eigenvalue weighted by Crippen LogP contribution is 2.15. The molecule has 3 nitrogen and oxygen atoms in total. The van der Waals surface area contributed by atoms with Gasteiger partial charge in [0.2, 0.25) is 0 Å². The first-order chi connectivity index (χ1) is 8.17. The lowest BCUT2D eigenvalue weighted by Crippen LogP contribution is -2.29. The molecule has 1 atom stereocenters. The van der Waals surface area contributed by atoms with Gasteiger partial charge in [0.05, 0.1) is 12.5 Å². The molecule has 1 aromatic rings. The van der Waals surface area contributed by atoms with Crippen LogP contribution in [0.2, 0.25) is 5.02 Å². The van der Waals surface area contributed by atoms with Crippen molar-refractivity contribution in [2.75, 3.05) is 20.2 Å². The molecule has 0 saturated heterocycles. The molecule has 0 fully saturated rings. The second-order valence-corrected chi connectivity index (χ2v) is 4.28. The van der Waals surface area contributed by atoms with Crippen LogP contribution >= 0.6 is 11.6 Å². The Hall–Kier alpha value is -1.06. The summed E-state index contributed by atoms with van der Waals surface area (Å²) in [6, 6.07) is 7.55. The van der Waals surface area contributed by atoms with E-state index in [1.165, 1.54) is 0 Å². The molecule has 0 spiro atoms. The molecular formula is C13H18ClNO2. The Morgan fingerprint density at radius 1 is 1.53 bits per heavy atom. The Morgan fingerprint density at radius 3 is 2.88 bits per heavy atom. The van der Waals surface area contributed by atoms with Crippen LogP contribution in [-0.2, 0) is 16.0 Å². The highest BCUT2D eigenvalue weighted by atomic mass is 35.5. The van der Waals surface area contributed by atoms with Gasteiger partial charge in [-0.3, -0.25) is 4.79 Å². The van der Waals surface area contributed by atoms with Crippen molar-refractivity contribution in [1.82, 2.24) is 5.32 Å². The molecule has 1 aromatic carbocycles. The van der Waals surface area contributed by atoms with Crippen molar-refractivity contribution in [3.63, 3.8) is 0 Å². The lowest BCUT2D eigenvalue weighted by Gasteiger charge is -2.15. The number of rotatable bonds is 6. The van der Waals surface area contributed by atoms with Crippen LogP contribution in [0, 0.1) is 5.92 Å². The first kappa shape index (κ1) is 14.0. The van der Waals surface area contributed by atoms with Crippen LogP contribution in [0.4, 0.5) is 0 Å². The molecule has 0 bridgehead atoms. The predicted molar refractivity (Wildman–Crippen MR) is 69.2 cm³/mol. The van der Waals surface area contributed by atoms with Gasteiger partial charge >= 0.3 is 5.97 Å². The third kappa shape index (κ3) is 4.75. The van der Waals surface area contributed by atoms with Gasteiger partial charge in [0.25, 0.3) is 0 Å². The van der Waals surface area contributed by atoms with Gasteiger partial charge in [-0.1, -0.05) is 23.7 Å². The molecule has 0 heterocycles. The fraction of sp³-hybridized carbons (Fsp3) is 0.462. The summed E-state index contributed by atoms with van der Waals surface area (Å²) in [5.74, 6) is -0.333. The molecule has 0 amide bonds. The van der Waals surface area contributed by atoms with E-state index in [2.05, 4.69) is 5.32 Å². The van der Waals surface area contributed by atoms with Gasteiger partial charge in [0.15, 0.2) is 0 Å². The molecule has 0 aliphatic carbocycles. The van der Waals surface area contributed by atoms with Crippen molar-refractivity contribution in [2.24, 2.45) is 5.92 Å². The normalized spacial score (nSPS) is 12.2. The van der Waals surface area contributed by atoms with Crippen molar-refractivity contribution in [2.45, 2.75) is 13.3 Å². The van der Waals surface area contributed by atoms with E-state index >= 15 is 0 Å². The standard InChI is InChI=1S/C13H18ClNO2/c1-3-17-13(16)11(9-15-2)7-10-5-4-6-12(14)8-10/h4-6,8,11,15H,3,7,9H2,1-2H3. The Bertz CT molecular complexity index is 368. The van der Waals surface area contributed by atoms with Gasteiger partial charge in [-0.05, 0) is 38.1 Å². The van der Waals surface area contributed by atoms with E-state index in [4.69, 9.17) is 16.3 Å². The van der Waals surface area contributed by atoms with Gasteiger partial charge in [-0.25, -0.2) is 0 Å². The van der Waals surface area contributed by atoms with E-state index in [0.29, 0.717) is 24.6 Å². The smallest absolute Gasteiger partial charge is 0.310 e. The molecule has 0 radical (unpaired) electrons. The van der Waals surface area contributed by atoms with E-state index in [1.807, 2.05) is 38.2 Å². The third-order valence-electron chi connectivity index (χ3n) is 2.44. The summed E-state index contributed by atoms with van der Waals surface area (Å²) in [6.45, 7) is 2.83. The molecule has 94 valence electrons. The number of hydrogen-bond acceptors (Lipinski definition) is 3. The Kier molecular flexibility index (Phi) is 6.01. The number of hydrogen-bond donors (Lipinski definition) is 1. The molecule has 1 unspecified atom stereocenters. The predicted octanol–water partition coefficient (Wildman–Crippen LogP) is 2.28. The second kappa shape index (κ2) is 7.30. The molecule has 0 aromatic heterocycles. The molecule has 0 aliphatic rings. The zero-order chi connectivity index (χ0) is 12.7. The zero-order valence-electron chi connectivity index (χ0n) is 10.2. The number of carbonyl (C=O) groups excluding carboxylic acids is 1. The average molecular weight is 256 g/mol. The van der Waals surface area contributed by atoms with Crippen molar-refractivity contribution < 1.29 is 9.53 Å². The Labute approximate surface area is 107 Å². The van der Waals surface area contributed by atoms with Gasteiger partial charge in [-0.2, -0.15) is 0 Å². The molecule has 0 saturated carbocycles. The SMILES string of the molecule is CCOC(=O)C(CNC)Cc1cccc(Cl)c1. The van der Waals surface area contributed by atoms with E-state index in [9.17, 15) is 4.79 Å². The lowest BCUT2D eigenvalue weighted by atomic mass is 9.99. The minimum Gasteiger partial charge on any atom is -0.466 e. The topological polar surface area (TPSA) is 38.3 Å². The van der Waals surface area contributed by atoms with Gasteiger partial charge in [-0.15, -0.1) is 0 Å². The number of nitrogens with one attached hydrogen (secondary N) is 1. The van der Waals surface area contributed by atoms with Crippen LogP contribution in [0.3, 0.4) is 0 Å². The summed E-state index contributed by atoms with van der Waals surface area (Å²) in [5.41, 5.74) is 1.05. The van der Waals surface area contributed by atoms with Gasteiger partial charge in [0.1, 0.15) is 0 Å². The Morgan fingerprint density at radius 2 is 2.29 bits per heavy atom. The second-order valence-electron chi connectivity index (χ2n) is 3.84. The fourth-order valence-electron chi connectivity index (χ4n) is 1.69. The lowest BCUT2D eigenvalue weighted by molar-refractivity contribution is -0.147. The first-order valence-electron chi connectivity index (χ1n) is 5.73. The van der Waals surface area contributed by atoms with Crippen LogP contribution < -0.4 is 5.32 Å². The maximum Gasteiger partial charge on any atom is 0.310 e. The van der Waals surface area contributed by atoms with Gasteiger partial charge < -0.3 is 10.1 Å². The molecule has 1 N–H and O–H groups in total. The van der Waals surface area contributed by atoms with E-state index in [-0.39, 0.29) is 11.9 Å². The quantitative estimate of drug-likeness (QED) is 0.793. The van der Waals surface area contributed by atoms with Crippen molar-refractivity contribution in [1.29, 1.82) is 0 Å². The highest BCUT2D eigenvalue weighted by molar-refractivity contribution is 6.30. The average Bonchev–Trinajstić information content (AvgIpc) is 2.29. The maximum atomic E-state index is 11.7. The molecule has 0 aliphatic heterocycles. The summed E-state index contributed by atoms with van der Waals surface area (Å²) >= 11 is 5.91. The van der Waals surface area contributed by atoms with Crippen LogP contribution in [0.5, 0.6) is 0 Å². The van der Waals surface area contributed by atoms with Crippen molar-refractivity contribution in [3.05, 3.63) is 34.9 Å².